The number of hydrogen-bond donors (Lipinski definition) is 0. The first kappa shape index (κ1) is 19.0. The Hall–Kier alpha value is -1.76. The third kappa shape index (κ3) is 3.41. The molecular formula is C19H22F3NO2S. The van der Waals surface area contributed by atoms with E-state index in [9.17, 15) is 21.6 Å². The molecule has 1 unspecified atom stereocenters. The number of allylic oxidation sites excluding steroid dienone is 2. The second-order valence-electron chi connectivity index (χ2n) is 6.80. The molecule has 142 valence electrons. The average Bonchev–Trinajstić information content (AvgIpc) is 2.62. The van der Waals surface area contributed by atoms with Gasteiger partial charge in [0.2, 0.25) is 0 Å². The van der Waals surface area contributed by atoms with Crippen LogP contribution in [0.5, 0.6) is 0 Å². The lowest BCUT2D eigenvalue weighted by molar-refractivity contribution is -0.0440. The molecule has 3 nitrogen and oxygen atoms in total. The summed E-state index contributed by atoms with van der Waals surface area (Å²) in [5.41, 5.74) is -3.29. The van der Waals surface area contributed by atoms with E-state index in [0.717, 1.165) is 31.3 Å². The largest absolute Gasteiger partial charge is 0.516 e. The standard InChI is InChI=1S/C19H22F3NO2S/c1-14-13-15-9-5-3-2-4-6-11-17(15)23(26(24,25)19(20,21)22)18-12-8-7-10-16(14)18/h7-10,12-13,17H,2-6,11H2,1H3/b15-9-. The normalized spacial score (nSPS) is 24.0. The third-order valence-corrected chi connectivity index (χ3v) is 6.53. The first-order valence-corrected chi connectivity index (χ1v) is 10.3. The summed E-state index contributed by atoms with van der Waals surface area (Å²) in [6, 6.07) is 5.59. The van der Waals surface area contributed by atoms with E-state index in [-0.39, 0.29) is 5.69 Å². The van der Waals surface area contributed by atoms with Gasteiger partial charge in [0, 0.05) is 5.56 Å². The molecule has 1 atom stereocenters. The zero-order valence-corrected chi connectivity index (χ0v) is 15.4. The lowest BCUT2D eigenvalue weighted by atomic mass is 9.99. The van der Waals surface area contributed by atoms with Gasteiger partial charge < -0.3 is 0 Å². The SMILES string of the molecule is CC1=C/C2=C/CCCCCCC2N(S(=O)(=O)C(F)(F)F)c2ccccc21. The summed E-state index contributed by atoms with van der Waals surface area (Å²) in [5.74, 6) is 0. The van der Waals surface area contributed by atoms with E-state index >= 15 is 0 Å². The van der Waals surface area contributed by atoms with Gasteiger partial charge >= 0.3 is 15.5 Å². The summed E-state index contributed by atoms with van der Waals surface area (Å²) in [4.78, 5) is 0. The van der Waals surface area contributed by atoms with E-state index in [1.165, 1.54) is 6.07 Å². The number of benzene rings is 1. The van der Waals surface area contributed by atoms with Gasteiger partial charge in [-0.15, -0.1) is 0 Å². The predicted octanol–water partition coefficient (Wildman–Crippen LogP) is 5.41. The van der Waals surface area contributed by atoms with E-state index in [1.807, 2.05) is 19.1 Å². The van der Waals surface area contributed by atoms with Crippen molar-refractivity contribution in [3.05, 3.63) is 47.6 Å². The second-order valence-corrected chi connectivity index (χ2v) is 8.61. The van der Waals surface area contributed by atoms with Crippen LogP contribution < -0.4 is 4.31 Å². The Morgan fingerprint density at radius 2 is 1.77 bits per heavy atom. The van der Waals surface area contributed by atoms with Crippen LogP contribution in [-0.2, 0) is 10.0 Å². The smallest absolute Gasteiger partial charge is 0.255 e. The van der Waals surface area contributed by atoms with Crippen LogP contribution in [0.3, 0.4) is 0 Å². The Bertz CT molecular complexity index is 841. The van der Waals surface area contributed by atoms with Crippen LogP contribution in [0.1, 0.15) is 51.0 Å². The molecule has 26 heavy (non-hydrogen) atoms. The molecule has 7 heteroatoms. The lowest BCUT2D eigenvalue weighted by Crippen LogP contribution is -2.47. The van der Waals surface area contributed by atoms with Crippen LogP contribution in [0.15, 0.2) is 42.0 Å². The van der Waals surface area contributed by atoms with Crippen LogP contribution in [0, 0.1) is 0 Å². The molecule has 0 amide bonds. The fourth-order valence-electron chi connectivity index (χ4n) is 3.72. The molecule has 0 spiro atoms. The van der Waals surface area contributed by atoms with Gasteiger partial charge in [0.05, 0.1) is 11.7 Å². The molecule has 0 saturated carbocycles. The fraction of sp³-hybridized carbons (Fsp3) is 0.474. The molecule has 0 fully saturated rings. The molecule has 0 radical (unpaired) electrons. The van der Waals surface area contributed by atoms with E-state index in [4.69, 9.17) is 0 Å². The number of sulfonamides is 1. The summed E-state index contributed by atoms with van der Waals surface area (Å²) >= 11 is 0. The van der Waals surface area contributed by atoms with Gasteiger partial charge in [-0.05, 0) is 43.4 Å². The quantitative estimate of drug-likeness (QED) is 0.648. The number of anilines is 1. The molecule has 1 aliphatic carbocycles. The zero-order chi connectivity index (χ0) is 18.9. The van der Waals surface area contributed by atoms with Crippen molar-refractivity contribution in [2.24, 2.45) is 0 Å². The van der Waals surface area contributed by atoms with Gasteiger partial charge in [-0.25, -0.2) is 0 Å². The molecule has 1 aliphatic heterocycles. The molecule has 1 heterocycles. The van der Waals surface area contributed by atoms with Gasteiger partial charge in [0.15, 0.2) is 0 Å². The summed E-state index contributed by atoms with van der Waals surface area (Å²) in [7, 11) is -5.51. The van der Waals surface area contributed by atoms with E-state index in [0.29, 0.717) is 28.3 Å². The molecule has 1 aromatic rings. The Morgan fingerprint density at radius 3 is 2.50 bits per heavy atom. The van der Waals surface area contributed by atoms with E-state index in [2.05, 4.69) is 0 Å². The van der Waals surface area contributed by atoms with Crippen molar-refractivity contribution in [1.29, 1.82) is 0 Å². The summed E-state index contributed by atoms with van der Waals surface area (Å²) in [5, 5.41) is 0. The Kier molecular flexibility index (Phi) is 5.19. The molecule has 0 N–H and O–H groups in total. The molecule has 0 aromatic heterocycles. The van der Waals surface area contributed by atoms with Crippen molar-refractivity contribution in [3.63, 3.8) is 0 Å². The third-order valence-electron chi connectivity index (χ3n) is 4.98. The van der Waals surface area contributed by atoms with Crippen molar-refractivity contribution in [2.75, 3.05) is 4.31 Å². The number of nitrogens with zero attached hydrogens (tertiary/aromatic N) is 1. The number of rotatable bonds is 1. The fourth-order valence-corrected chi connectivity index (χ4v) is 4.92. The average molecular weight is 385 g/mol. The Morgan fingerprint density at radius 1 is 1.08 bits per heavy atom. The van der Waals surface area contributed by atoms with Crippen LogP contribution in [0.4, 0.5) is 18.9 Å². The highest BCUT2D eigenvalue weighted by molar-refractivity contribution is 7.93. The number of fused-ring (bicyclic) bond motifs is 2. The minimum Gasteiger partial charge on any atom is -0.255 e. The van der Waals surface area contributed by atoms with Gasteiger partial charge in [-0.1, -0.05) is 49.6 Å². The first-order chi connectivity index (χ1) is 12.2. The van der Waals surface area contributed by atoms with Crippen molar-refractivity contribution in [3.8, 4) is 0 Å². The van der Waals surface area contributed by atoms with Crippen molar-refractivity contribution in [1.82, 2.24) is 0 Å². The zero-order valence-electron chi connectivity index (χ0n) is 14.6. The molecule has 0 bridgehead atoms. The molecular weight excluding hydrogens is 363 g/mol. The maximum Gasteiger partial charge on any atom is 0.516 e. The number of alkyl halides is 3. The highest BCUT2D eigenvalue weighted by atomic mass is 32.2. The topological polar surface area (TPSA) is 37.4 Å². The predicted molar refractivity (Wildman–Crippen MR) is 97.1 cm³/mol. The van der Waals surface area contributed by atoms with Crippen molar-refractivity contribution >= 4 is 21.3 Å². The minimum atomic E-state index is -5.51. The maximum absolute atomic E-state index is 13.5. The highest BCUT2D eigenvalue weighted by Crippen LogP contribution is 2.42. The Labute approximate surface area is 152 Å². The lowest BCUT2D eigenvalue weighted by Gasteiger charge is -2.33. The second kappa shape index (κ2) is 7.10. The van der Waals surface area contributed by atoms with Crippen LogP contribution in [-0.4, -0.2) is 20.0 Å². The first-order valence-electron chi connectivity index (χ1n) is 8.82. The van der Waals surface area contributed by atoms with Crippen molar-refractivity contribution in [2.45, 2.75) is 57.0 Å². The number of halogens is 3. The number of para-hydroxylation sites is 1. The van der Waals surface area contributed by atoms with Gasteiger partial charge in [-0.2, -0.15) is 21.6 Å². The van der Waals surface area contributed by atoms with Gasteiger partial charge in [-0.3, -0.25) is 4.31 Å². The highest BCUT2D eigenvalue weighted by Gasteiger charge is 2.53. The monoisotopic (exact) mass is 385 g/mol. The van der Waals surface area contributed by atoms with E-state index in [1.54, 1.807) is 18.2 Å². The maximum atomic E-state index is 13.5. The summed E-state index contributed by atoms with van der Waals surface area (Å²) < 4.78 is 66.1. The molecule has 1 aromatic carbocycles. The van der Waals surface area contributed by atoms with Crippen LogP contribution in [0.25, 0.3) is 5.57 Å². The van der Waals surface area contributed by atoms with Gasteiger partial charge in [0.25, 0.3) is 0 Å². The van der Waals surface area contributed by atoms with Crippen molar-refractivity contribution < 1.29 is 21.6 Å². The Balaban J connectivity index is 2.26. The summed E-state index contributed by atoms with van der Waals surface area (Å²) in [6.07, 6.45) is 8.42. The molecule has 0 saturated heterocycles. The van der Waals surface area contributed by atoms with Crippen LogP contribution in [0.2, 0.25) is 0 Å². The van der Waals surface area contributed by atoms with E-state index < -0.39 is 21.6 Å². The molecule has 2 aliphatic rings. The number of hydrogen-bond acceptors (Lipinski definition) is 2. The molecule has 3 rings (SSSR count). The summed E-state index contributed by atoms with van der Waals surface area (Å²) in [6.45, 7) is 1.81. The minimum absolute atomic E-state index is 0.103. The van der Waals surface area contributed by atoms with Crippen LogP contribution >= 0.6 is 0 Å². The van der Waals surface area contributed by atoms with Gasteiger partial charge in [0.1, 0.15) is 0 Å².